The van der Waals surface area contributed by atoms with Crippen molar-refractivity contribution < 1.29 is 17.9 Å². The molecule has 1 aromatic carbocycles. The van der Waals surface area contributed by atoms with Crippen LogP contribution in [0.15, 0.2) is 17.0 Å². The molecule has 7 heteroatoms. The maximum absolute atomic E-state index is 12.8. The second-order valence-corrected chi connectivity index (χ2v) is 7.93. The SMILES string of the molecule is CNS(=O)(=O)c1cc(C(=O)N2C[C@@H](C)OC[C@@H]2C)cc(C)c1C. The molecule has 0 unspecified atom stereocenters. The third-order valence-corrected chi connectivity index (χ3v) is 5.83. The summed E-state index contributed by atoms with van der Waals surface area (Å²) in [5.41, 5.74) is 1.82. The standard InChI is InChI=1S/C16H24N2O4S/c1-10-6-14(7-15(13(10)4)23(20,21)17-5)16(19)18-8-12(3)22-9-11(18)2/h6-7,11-12,17H,8-9H2,1-5H3/t11-,12+/m0/s1. The average Bonchev–Trinajstić information content (AvgIpc) is 2.51. The second kappa shape index (κ2) is 6.59. The lowest BCUT2D eigenvalue weighted by atomic mass is 10.0. The van der Waals surface area contributed by atoms with Gasteiger partial charge in [-0.05, 0) is 58.0 Å². The van der Waals surface area contributed by atoms with Crippen molar-refractivity contribution in [3.05, 3.63) is 28.8 Å². The van der Waals surface area contributed by atoms with Crippen molar-refractivity contribution in [2.24, 2.45) is 0 Å². The summed E-state index contributed by atoms with van der Waals surface area (Å²) in [5.74, 6) is -0.164. The molecule has 6 nitrogen and oxygen atoms in total. The van der Waals surface area contributed by atoms with Gasteiger partial charge >= 0.3 is 0 Å². The van der Waals surface area contributed by atoms with Crippen LogP contribution in [0.5, 0.6) is 0 Å². The number of ether oxygens (including phenoxy) is 1. The molecule has 1 heterocycles. The number of carbonyl (C=O) groups excluding carboxylic acids is 1. The van der Waals surface area contributed by atoms with E-state index >= 15 is 0 Å². The summed E-state index contributed by atoms with van der Waals surface area (Å²) < 4.78 is 32.2. The van der Waals surface area contributed by atoms with Gasteiger partial charge in [-0.2, -0.15) is 0 Å². The third-order valence-electron chi connectivity index (χ3n) is 4.29. The predicted octanol–water partition coefficient (Wildman–Crippen LogP) is 1.46. The molecule has 0 aromatic heterocycles. The van der Waals surface area contributed by atoms with Crippen molar-refractivity contribution in [1.82, 2.24) is 9.62 Å². The molecule has 1 saturated heterocycles. The Bertz CT molecular complexity index is 715. The van der Waals surface area contributed by atoms with E-state index in [2.05, 4.69) is 4.72 Å². The number of aryl methyl sites for hydroxylation is 1. The van der Waals surface area contributed by atoms with Crippen LogP contribution in [-0.2, 0) is 14.8 Å². The van der Waals surface area contributed by atoms with Crippen LogP contribution >= 0.6 is 0 Å². The average molecular weight is 340 g/mol. The van der Waals surface area contributed by atoms with E-state index in [4.69, 9.17) is 4.74 Å². The van der Waals surface area contributed by atoms with E-state index in [1.54, 1.807) is 17.9 Å². The summed E-state index contributed by atoms with van der Waals surface area (Å²) in [4.78, 5) is 14.7. The van der Waals surface area contributed by atoms with Crippen LogP contribution in [-0.4, -0.2) is 51.6 Å². The molecule has 1 N–H and O–H groups in total. The molecule has 0 radical (unpaired) electrons. The summed E-state index contributed by atoms with van der Waals surface area (Å²) in [6.45, 7) is 8.39. The summed E-state index contributed by atoms with van der Waals surface area (Å²) in [6.07, 6.45) is -0.0257. The molecule has 0 saturated carbocycles. The van der Waals surface area contributed by atoms with E-state index in [9.17, 15) is 13.2 Å². The highest BCUT2D eigenvalue weighted by Crippen LogP contribution is 2.23. The van der Waals surface area contributed by atoms with E-state index in [1.165, 1.54) is 13.1 Å². The smallest absolute Gasteiger partial charge is 0.254 e. The Balaban J connectivity index is 2.46. The molecule has 2 atom stereocenters. The largest absolute Gasteiger partial charge is 0.375 e. The lowest BCUT2D eigenvalue weighted by Crippen LogP contribution is -2.50. The van der Waals surface area contributed by atoms with E-state index in [-0.39, 0.29) is 22.9 Å². The number of carbonyl (C=O) groups is 1. The first-order valence-corrected chi connectivity index (χ1v) is 9.13. The van der Waals surface area contributed by atoms with Crippen molar-refractivity contribution in [3.63, 3.8) is 0 Å². The maximum atomic E-state index is 12.8. The number of benzene rings is 1. The van der Waals surface area contributed by atoms with Crippen LogP contribution in [0.2, 0.25) is 0 Å². The number of hydrogen-bond donors (Lipinski definition) is 1. The van der Waals surface area contributed by atoms with Crippen molar-refractivity contribution in [1.29, 1.82) is 0 Å². The molecular weight excluding hydrogens is 316 g/mol. The zero-order chi connectivity index (χ0) is 17.4. The number of rotatable bonds is 3. The lowest BCUT2D eigenvalue weighted by Gasteiger charge is -2.37. The van der Waals surface area contributed by atoms with Crippen molar-refractivity contribution in [3.8, 4) is 0 Å². The molecule has 1 aliphatic heterocycles. The normalized spacial score (nSPS) is 22.2. The summed E-state index contributed by atoms with van der Waals surface area (Å²) in [7, 11) is -2.24. The molecule has 1 amide bonds. The van der Waals surface area contributed by atoms with Gasteiger partial charge in [0.05, 0.1) is 23.6 Å². The van der Waals surface area contributed by atoms with Crippen LogP contribution in [0.3, 0.4) is 0 Å². The molecular formula is C16H24N2O4S. The lowest BCUT2D eigenvalue weighted by molar-refractivity contribution is -0.0387. The highest BCUT2D eigenvalue weighted by atomic mass is 32.2. The van der Waals surface area contributed by atoms with Gasteiger partial charge in [-0.1, -0.05) is 0 Å². The first-order chi connectivity index (χ1) is 10.7. The van der Waals surface area contributed by atoms with Crippen LogP contribution in [0.4, 0.5) is 0 Å². The highest BCUT2D eigenvalue weighted by Gasteiger charge is 2.29. The van der Waals surface area contributed by atoms with E-state index in [0.29, 0.717) is 24.3 Å². The fraction of sp³-hybridized carbons (Fsp3) is 0.562. The van der Waals surface area contributed by atoms with Crippen LogP contribution in [0.1, 0.15) is 35.3 Å². The third kappa shape index (κ3) is 3.57. The van der Waals surface area contributed by atoms with Gasteiger partial charge in [-0.15, -0.1) is 0 Å². The molecule has 0 aliphatic carbocycles. The molecule has 0 bridgehead atoms. The number of nitrogens with zero attached hydrogens (tertiary/aromatic N) is 1. The maximum Gasteiger partial charge on any atom is 0.254 e. The first-order valence-electron chi connectivity index (χ1n) is 7.64. The van der Waals surface area contributed by atoms with Gasteiger partial charge in [0.1, 0.15) is 0 Å². The van der Waals surface area contributed by atoms with Gasteiger partial charge < -0.3 is 9.64 Å². The number of amides is 1. The molecule has 23 heavy (non-hydrogen) atoms. The minimum Gasteiger partial charge on any atom is -0.375 e. The summed E-state index contributed by atoms with van der Waals surface area (Å²) in [5, 5.41) is 0. The number of hydrogen-bond acceptors (Lipinski definition) is 4. The Morgan fingerprint density at radius 2 is 1.96 bits per heavy atom. The second-order valence-electron chi connectivity index (χ2n) is 6.07. The fourth-order valence-corrected chi connectivity index (χ4v) is 3.76. The Morgan fingerprint density at radius 1 is 1.30 bits per heavy atom. The molecule has 1 aromatic rings. The predicted molar refractivity (Wildman–Crippen MR) is 88.1 cm³/mol. The number of morpholine rings is 1. The molecule has 128 valence electrons. The minimum atomic E-state index is -3.61. The molecule has 1 fully saturated rings. The Hall–Kier alpha value is -1.44. The van der Waals surface area contributed by atoms with Gasteiger partial charge in [0.2, 0.25) is 10.0 Å². The zero-order valence-corrected chi connectivity index (χ0v) is 15.0. The molecule has 1 aliphatic rings. The first kappa shape index (κ1) is 17.9. The van der Waals surface area contributed by atoms with Gasteiger partial charge in [-0.25, -0.2) is 13.1 Å². The van der Waals surface area contributed by atoms with E-state index in [1.807, 2.05) is 20.8 Å². The van der Waals surface area contributed by atoms with E-state index in [0.717, 1.165) is 5.56 Å². The number of nitrogens with one attached hydrogen (secondary N) is 1. The zero-order valence-electron chi connectivity index (χ0n) is 14.2. The van der Waals surface area contributed by atoms with Crippen LogP contribution in [0, 0.1) is 13.8 Å². The Morgan fingerprint density at radius 3 is 2.57 bits per heavy atom. The van der Waals surface area contributed by atoms with Gasteiger partial charge in [0, 0.05) is 12.1 Å². The minimum absolute atomic E-state index is 0.0257. The van der Waals surface area contributed by atoms with Crippen molar-refractivity contribution in [2.45, 2.75) is 44.7 Å². The van der Waals surface area contributed by atoms with Gasteiger partial charge in [-0.3, -0.25) is 4.79 Å². The summed E-state index contributed by atoms with van der Waals surface area (Å²) >= 11 is 0. The van der Waals surface area contributed by atoms with Crippen LogP contribution < -0.4 is 4.72 Å². The van der Waals surface area contributed by atoms with Crippen molar-refractivity contribution >= 4 is 15.9 Å². The Labute approximate surface area is 137 Å². The topological polar surface area (TPSA) is 75.7 Å². The van der Waals surface area contributed by atoms with Gasteiger partial charge in [0.15, 0.2) is 0 Å². The fourth-order valence-electron chi connectivity index (χ4n) is 2.69. The van der Waals surface area contributed by atoms with Crippen molar-refractivity contribution in [2.75, 3.05) is 20.2 Å². The Kier molecular flexibility index (Phi) is 5.13. The van der Waals surface area contributed by atoms with Crippen LogP contribution in [0.25, 0.3) is 0 Å². The molecule has 2 rings (SSSR count). The quantitative estimate of drug-likeness (QED) is 0.904. The van der Waals surface area contributed by atoms with E-state index < -0.39 is 10.0 Å². The molecule has 0 spiro atoms. The van der Waals surface area contributed by atoms with Gasteiger partial charge in [0.25, 0.3) is 5.91 Å². The summed E-state index contributed by atoms with van der Waals surface area (Å²) in [6, 6.07) is 3.17. The highest BCUT2D eigenvalue weighted by molar-refractivity contribution is 7.89. The number of sulfonamides is 1. The monoisotopic (exact) mass is 340 g/mol.